The smallest absolute Gasteiger partial charge is 0.355 e. The van der Waals surface area contributed by atoms with Crippen molar-refractivity contribution in [2.75, 3.05) is 23.4 Å². The summed E-state index contributed by atoms with van der Waals surface area (Å²) >= 11 is 0. The third kappa shape index (κ3) is 3.96. The Hall–Kier alpha value is -4.19. The number of rotatable bonds is 7. The second-order valence-corrected chi connectivity index (χ2v) is 4.38. The maximum absolute atomic E-state index is 11.8. The van der Waals surface area contributed by atoms with Gasteiger partial charge in [0.1, 0.15) is 19.4 Å². The van der Waals surface area contributed by atoms with Crippen LogP contribution in [0.25, 0.3) is 0 Å². The molecule has 0 unspecified atom stereocenters. The molecule has 0 aliphatic rings. The minimum atomic E-state index is -0.779. The molecule has 0 atom stereocenters. The van der Waals surface area contributed by atoms with Gasteiger partial charge in [-0.25, -0.2) is 9.97 Å². The highest BCUT2D eigenvalue weighted by Crippen LogP contribution is 2.31. The van der Waals surface area contributed by atoms with Crippen LogP contribution in [0.15, 0.2) is 29.1 Å². The zero-order valence-corrected chi connectivity index (χ0v) is 12.5. The zero-order chi connectivity index (χ0) is 18.2. The van der Waals surface area contributed by atoms with Crippen LogP contribution in [0.2, 0.25) is 0 Å². The number of amides is 1. The molecule has 0 aliphatic heterocycles. The molecule has 2 aromatic heterocycles. The number of aromatic nitrogens is 2. The van der Waals surface area contributed by atoms with E-state index in [1.165, 1.54) is 18.4 Å². The van der Waals surface area contributed by atoms with Gasteiger partial charge in [-0.05, 0) is 12.1 Å². The van der Waals surface area contributed by atoms with Gasteiger partial charge in [0, 0.05) is 0 Å². The zero-order valence-electron chi connectivity index (χ0n) is 12.5. The predicted octanol–water partition coefficient (Wildman–Crippen LogP) is 0.588. The first-order valence-corrected chi connectivity index (χ1v) is 6.66. The number of carbonyl (C=O) groups excluding carboxylic acids is 1. The second-order valence-electron chi connectivity index (χ2n) is 4.38. The first-order valence-electron chi connectivity index (χ1n) is 6.66. The van der Waals surface area contributed by atoms with Crippen molar-refractivity contribution in [2.24, 2.45) is 0 Å². The topological polar surface area (TPSA) is 174 Å². The summed E-state index contributed by atoms with van der Waals surface area (Å²) in [7, 11) is 0. The van der Waals surface area contributed by atoms with Gasteiger partial charge in [-0.3, -0.25) is 25.8 Å². The maximum Gasteiger partial charge on any atom is 0.355 e. The molecule has 25 heavy (non-hydrogen) atoms. The highest BCUT2D eigenvalue weighted by molar-refractivity contribution is 5.92. The van der Waals surface area contributed by atoms with E-state index in [9.17, 15) is 14.9 Å². The minimum Gasteiger partial charge on any atom is -0.459 e. The van der Waals surface area contributed by atoms with Crippen LogP contribution in [-0.2, 0) is 0 Å². The molecule has 0 fully saturated rings. The fourth-order valence-electron chi connectivity index (χ4n) is 1.82. The number of hydrogen-bond donors (Lipinski definition) is 2. The van der Waals surface area contributed by atoms with E-state index in [0.717, 1.165) is 11.2 Å². The van der Waals surface area contributed by atoms with E-state index in [1.54, 1.807) is 12.1 Å². The lowest BCUT2D eigenvalue weighted by atomic mass is 10.3. The van der Waals surface area contributed by atoms with Crippen LogP contribution >= 0.6 is 0 Å². The van der Waals surface area contributed by atoms with E-state index in [2.05, 4.69) is 20.8 Å². The molecule has 126 valence electrons. The molecule has 0 spiro atoms. The van der Waals surface area contributed by atoms with Crippen LogP contribution in [0, 0.1) is 32.8 Å². The van der Waals surface area contributed by atoms with Gasteiger partial charge >= 0.3 is 11.6 Å². The van der Waals surface area contributed by atoms with Crippen LogP contribution in [0.1, 0.15) is 10.6 Å². The molecule has 2 aromatic rings. The Bertz CT molecular complexity index is 836. The van der Waals surface area contributed by atoms with Crippen molar-refractivity contribution in [3.05, 3.63) is 40.6 Å². The van der Waals surface area contributed by atoms with Crippen LogP contribution in [-0.4, -0.2) is 33.9 Å². The summed E-state index contributed by atoms with van der Waals surface area (Å²) in [6.07, 6.45) is 2.30. The SMILES string of the molecule is N#CCN(CC#N)c1ncnc(NNC(=O)c2ccco2)c1[N+](=O)[O-]. The highest BCUT2D eigenvalue weighted by Gasteiger charge is 2.27. The van der Waals surface area contributed by atoms with E-state index in [0.29, 0.717) is 0 Å². The maximum atomic E-state index is 11.8. The van der Waals surface area contributed by atoms with Gasteiger partial charge in [0.25, 0.3) is 0 Å². The van der Waals surface area contributed by atoms with Crippen molar-refractivity contribution in [1.29, 1.82) is 10.5 Å². The predicted molar refractivity (Wildman–Crippen MR) is 81.9 cm³/mol. The van der Waals surface area contributed by atoms with Crippen LogP contribution < -0.4 is 15.8 Å². The second kappa shape index (κ2) is 7.89. The van der Waals surface area contributed by atoms with Gasteiger partial charge < -0.3 is 9.32 Å². The van der Waals surface area contributed by atoms with E-state index >= 15 is 0 Å². The van der Waals surface area contributed by atoms with Crippen molar-refractivity contribution in [1.82, 2.24) is 15.4 Å². The Morgan fingerprint density at radius 1 is 1.36 bits per heavy atom. The van der Waals surface area contributed by atoms with Gasteiger partial charge in [0.15, 0.2) is 5.76 Å². The Balaban J connectivity index is 2.30. The number of nitro groups is 1. The largest absolute Gasteiger partial charge is 0.459 e. The fraction of sp³-hybridized carbons (Fsp3) is 0.154. The first kappa shape index (κ1) is 17.2. The number of carbonyl (C=O) groups is 1. The summed E-state index contributed by atoms with van der Waals surface area (Å²) in [5, 5.41) is 29.0. The monoisotopic (exact) mass is 342 g/mol. The van der Waals surface area contributed by atoms with Gasteiger partial charge in [0.2, 0.25) is 11.6 Å². The van der Waals surface area contributed by atoms with Crippen molar-refractivity contribution < 1.29 is 14.1 Å². The molecule has 12 nitrogen and oxygen atoms in total. The molecule has 0 bridgehead atoms. The molecule has 0 radical (unpaired) electrons. The molecule has 0 aromatic carbocycles. The van der Waals surface area contributed by atoms with Crippen molar-refractivity contribution >= 4 is 23.2 Å². The number of nitrogens with one attached hydrogen (secondary N) is 2. The summed E-state index contributed by atoms with van der Waals surface area (Å²) < 4.78 is 4.89. The average molecular weight is 342 g/mol. The summed E-state index contributed by atoms with van der Waals surface area (Å²) in [5.41, 5.74) is 3.93. The lowest BCUT2D eigenvalue weighted by Crippen LogP contribution is -2.31. The lowest BCUT2D eigenvalue weighted by Gasteiger charge is -2.17. The van der Waals surface area contributed by atoms with Gasteiger partial charge in [-0.15, -0.1) is 0 Å². The number of hydrogen-bond acceptors (Lipinski definition) is 10. The van der Waals surface area contributed by atoms with Crippen LogP contribution in [0.5, 0.6) is 0 Å². The number of nitrogens with zero attached hydrogens (tertiary/aromatic N) is 6. The van der Waals surface area contributed by atoms with Crippen molar-refractivity contribution in [2.45, 2.75) is 0 Å². The van der Waals surface area contributed by atoms with Gasteiger partial charge in [-0.1, -0.05) is 0 Å². The van der Waals surface area contributed by atoms with E-state index in [4.69, 9.17) is 14.9 Å². The van der Waals surface area contributed by atoms with Crippen LogP contribution in [0.4, 0.5) is 17.3 Å². The lowest BCUT2D eigenvalue weighted by molar-refractivity contribution is -0.383. The first-order chi connectivity index (χ1) is 12.1. The third-order valence-corrected chi connectivity index (χ3v) is 2.85. The molecule has 0 saturated carbocycles. The Kier molecular flexibility index (Phi) is 5.42. The van der Waals surface area contributed by atoms with Gasteiger partial charge in [-0.2, -0.15) is 10.5 Å². The molecule has 0 aliphatic carbocycles. The highest BCUT2D eigenvalue weighted by atomic mass is 16.6. The number of anilines is 2. The van der Waals surface area contributed by atoms with Crippen LogP contribution in [0.3, 0.4) is 0 Å². The summed E-state index contributed by atoms with van der Waals surface area (Å²) in [5.74, 6) is -1.22. The fourth-order valence-corrected chi connectivity index (χ4v) is 1.82. The standard InChI is InChI=1S/C13H10N8O4/c14-3-5-20(6-4-15)12-10(21(23)24)11(16-8-17-12)18-19-13(22)9-2-1-7-25-9/h1-2,7-8H,5-6H2,(H,19,22)(H,16,17,18). The molecule has 0 saturated heterocycles. The molecular formula is C13H10N8O4. The number of furan rings is 1. The quantitative estimate of drug-likeness (QED) is 0.411. The van der Waals surface area contributed by atoms with E-state index < -0.39 is 16.5 Å². The minimum absolute atomic E-state index is 0.0139. The molecule has 2 rings (SSSR count). The molecule has 1 amide bonds. The summed E-state index contributed by atoms with van der Waals surface area (Å²) in [4.78, 5) is 31.0. The molecule has 2 heterocycles. The molecular weight excluding hydrogens is 332 g/mol. The number of hydrazine groups is 1. The summed E-state index contributed by atoms with van der Waals surface area (Å²) in [6, 6.07) is 6.49. The average Bonchev–Trinajstić information content (AvgIpc) is 3.13. The Morgan fingerprint density at radius 3 is 2.64 bits per heavy atom. The van der Waals surface area contributed by atoms with Crippen molar-refractivity contribution in [3.8, 4) is 12.1 Å². The molecule has 12 heteroatoms. The number of nitriles is 2. The Morgan fingerprint density at radius 2 is 2.08 bits per heavy atom. The third-order valence-electron chi connectivity index (χ3n) is 2.85. The summed E-state index contributed by atoms with van der Waals surface area (Å²) in [6.45, 7) is -0.576. The van der Waals surface area contributed by atoms with Gasteiger partial charge in [0.05, 0.1) is 23.3 Å². The Labute approximate surface area is 140 Å². The van der Waals surface area contributed by atoms with Crippen molar-refractivity contribution in [3.63, 3.8) is 0 Å². The van der Waals surface area contributed by atoms with E-state index in [1.807, 2.05) is 0 Å². The molecule has 2 N–H and O–H groups in total. The van der Waals surface area contributed by atoms with E-state index in [-0.39, 0.29) is 30.5 Å². The normalized spacial score (nSPS) is 9.52.